The highest BCUT2D eigenvalue weighted by Crippen LogP contribution is 2.27. The minimum atomic E-state index is -0.245. The molecule has 176 valence electrons. The van der Waals surface area contributed by atoms with Crippen LogP contribution in [-0.4, -0.2) is 30.5 Å². The maximum atomic E-state index is 13.1. The largest absolute Gasteiger partial charge is 0.487 e. The number of para-hydroxylation sites is 1. The van der Waals surface area contributed by atoms with Gasteiger partial charge in [0.2, 0.25) is 0 Å². The van der Waals surface area contributed by atoms with E-state index in [0.717, 1.165) is 28.3 Å². The Hall–Kier alpha value is -4.46. The Balaban J connectivity index is 1.30. The molecule has 0 aliphatic rings. The topological polar surface area (TPSA) is 97.2 Å². The Kier molecular flexibility index (Phi) is 6.01. The van der Waals surface area contributed by atoms with E-state index in [2.05, 4.69) is 25.5 Å². The number of ether oxygens (including phenoxy) is 1. The van der Waals surface area contributed by atoms with Crippen molar-refractivity contribution in [1.29, 1.82) is 0 Å². The van der Waals surface area contributed by atoms with Gasteiger partial charge < -0.3 is 14.5 Å². The molecule has 3 aromatic heterocycles. The van der Waals surface area contributed by atoms with Crippen molar-refractivity contribution in [3.05, 3.63) is 95.7 Å². The highest BCUT2D eigenvalue weighted by Gasteiger charge is 2.15. The number of nitrogens with one attached hydrogen (secondary N) is 2. The number of anilines is 1. The molecule has 5 rings (SSSR count). The number of carbonyl (C=O) groups excluding carboxylic acids is 1. The highest BCUT2D eigenvalue weighted by atomic mass is 16.5. The Labute approximate surface area is 203 Å². The summed E-state index contributed by atoms with van der Waals surface area (Å²) in [6.45, 7) is 6.43. The molecule has 0 aliphatic carbocycles. The summed E-state index contributed by atoms with van der Waals surface area (Å²) in [5, 5.41) is 10.3. The minimum Gasteiger partial charge on any atom is -0.487 e. The first-order chi connectivity index (χ1) is 17.0. The molecule has 8 heteroatoms. The number of pyridine rings is 1. The van der Waals surface area contributed by atoms with E-state index < -0.39 is 0 Å². The van der Waals surface area contributed by atoms with Crippen molar-refractivity contribution in [3.8, 4) is 17.1 Å². The molecular formula is C27H26N6O2. The molecule has 0 unspecified atom stereocenters. The number of aromatic nitrogens is 5. The summed E-state index contributed by atoms with van der Waals surface area (Å²) in [4.78, 5) is 22.2. The fourth-order valence-electron chi connectivity index (χ4n) is 3.74. The summed E-state index contributed by atoms with van der Waals surface area (Å²) < 4.78 is 7.91. The third-order valence-corrected chi connectivity index (χ3v) is 5.60. The molecule has 0 saturated carbocycles. The molecule has 2 N–H and O–H groups in total. The van der Waals surface area contributed by atoms with Crippen LogP contribution in [0.1, 0.15) is 47.2 Å². The van der Waals surface area contributed by atoms with E-state index in [1.54, 1.807) is 18.2 Å². The summed E-state index contributed by atoms with van der Waals surface area (Å²) in [6, 6.07) is 18.6. The second kappa shape index (κ2) is 9.42. The van der Waals surface area contributed by atoms with Crippen LogP contribution >= 0.6 is 0 Å². The highest BCUT2D eigenvalue weighted by molar-refractivity contribution is 6.06. The number of nitrogens with zero attached hydrogens (tertiary/aromatic N) is 4. The number of amides is 1. The number of carbonyl (C=O) groups is 1. The summed E-state index contributed by atoms with van der Waals surface area (Å²) in [7, 11) is 0. The summed E-state index contributed by atoms with van der Waals surface area (Å²) in [5.41, 5.74) is 4.71. The number of benzene rings is 2. The van der Waals surface area contributed by atoms with Gasteiger partial charge >= 0.3 is 0 Å². The van der Waals surface area contributed by atoms with Gasteiger partial charge in [-0.1, -0.05) is 38.1 Å². The van der Waals surface area contributed by atoms with Crippen LogP contribution in [0, 0.1) is 6.92 Å². The number of hydrogen-bond acceptors (Lipinski definition) is 5. The number of H-pyrrole nitrogens is 1. The monoisotopic (exact) mass is 466 g/mol. The van der Waals surface area contributed by atoms with Gasteiger partial charge in [0.1, 0.15) is 23.8 Å². The van der Waals surface area contributed by atoms with Crippen LogP contribution in [0.15, 0.2) is 73.1 Å². The zero-order valence-electron chi connectivity index (χ0n) is 19.8. The van der Waals surface area contributed by atoms with Crippen molar-refractivity contribution < 1.29 is 9.53 Å². The molecule has 0 aliphatic heterocycles. The molecule has 1 amide bonds. The van der Waals surface area contributed by atoms with Gasteiger partial charge in [-0.15, -0.1) is 0 Å². The van der Waals surface area contributed by atoms with Crippen LogP contribution in [0.5, 0.6) is 5.75 Å². The van der Waals surface area contributed by atoms with Gasteiger partial charge in [-0.3, -0.25) is 9.89 Å². The third-order valence-electron chi connectivity index (χ3n) is 5.60. The summed E-state index contributed by atoms with van der Waals surface area (Å²) in [6.07, 6.45) is 3.97. The average molecular weight is 467 g/mol. The van der Waals surface area contributed by atoms with Gasteiger partial charge in [0.15, 0.2) is 5.82 Å². The molecule has 0 fully saturated rings. The lowest BCUT2D eigenvalue weighted by molar-refractivity contribution is 0.102. The van der Waals surface area contributed by atoms with E-state index >= 15 is 0 Å². The molecule has 0 atom stereocenters. The van der Waals surface area contributed by atoms with E-state index in [1.807, 2.05) is 80.0 Å². The van der Waals surface area contributed by atoms with Crippen molar-refractivity contribution in [2.24, 2.45) is 0 Å². The number of aryl methyl sites for hydroxylation is 1. The Bertz CT molecular complexity index is 1500. The number of aromatic amines is 1. The van der Waals surface area contributed by atoms with Crippen LogP contribution in [-0.2, 0) is 6.61 Å². The van der Waals surface area contributed by atoms with Crippen molar-refractivity contribution >= 4 is 17.2 Å². The summed E-state index contributed by atoms with van der Waals surface area (Å²) >= 11 is 0. The van der Waals surface area contributed by atoms with E-state index in [4.69, 9.17) is 4.74 Å². The quantitative estimate of drug-likeness (QED) is 0.336. The second-order valence-corrected chi connectivity index (χ2v) is 8.72. The van der Waals surface area contributed by atoms with Gasteiger partial charge in [-0.25, -0.2) is 9.97 Å². The van der Waals surface area contributed by atoms with Crippen LogP contribution < -0.4 is 10.1 Å². The Morgan fingerprint density at radius 1 is 1.06 bits per heavy atom. The van der Waals surface area contributed by atoms with Crippen molar-refractivity contribution in [3.63, 3.8) is 0 Å². The number of rotatable bonds is 7. The predicted octanol–water partition coefficient (Wildman–Crippen LogP) is 5.38. The summed E-state index contributed by atoms with van der Waals surface area (Å²) in [5.74, 6) is 1.92. The van der Waals surface area contributed by atoms with Gasteiger partial charge in [0.25, 0.3) is 5.91 Å². The van der Waals surface area contributed by atoms with Crippen molar-refractivity contribution in [2.75, 3.05) is 5.32 Å². The van der Waals surface area contributed by atoms with E-state index in [0.29, 0.717) is 29.4 Å². The lowest BCUT2D eigenvalue weighted by atomic mass is 10.1. The average Bonchev–Trinajstić information content (AvgIpc) is 3.50. The van der Waals surface area contributed by atoms with Gasteiger partial charge in [-0.05, 0) is 48.9 Å². The van der Waals surface area contributed by atoms with E-state index in [-0.39, 0.29) is 11.8 Å². The van der Waals surface area contributed by atoms with Crippen molar-refractivity contribution in [1.82, 2.24) is 24.6 Å². The third kappa shape index (κ3) is 4.91. The van der Waals surface area contributed by atoms with Crippen LogP contribution in [0.25, 0.3) is 17.0 Å². The fourth-order valence-corrected chi connectivity index (χ4v) is 3.74. The Morgan fingerprint density at radius 3 is 2.74 bits per heavy atom. The molecule has 35 heavy (non-hydrogen) atoms. The number of imidazole rings is 1. The second-order valence-electron chi connectivity index (χ2n) is 8.72. The first kappa shape index (κ1) is 22.3. The first-order valence-corrected chi connectivity index (χ1v) is 11.5. The van der Waals surface area contributed by atoms with Gasteiger partial charge in [0.05, 0.1) is 11.4 Å². The molecule has 3 heterocycles. The fraction of sp³-hybridized carbons (Fsp3) is 0.185. The molecule has 2 aromatic carbocycles. The minimum absolute atomic E-state index is 0.227. The smallest absolute Gasteiger partial charge is 0.255 e. The number of hydrogen-bond donors (Lipinski definition) is 2. The first-order valence-electron chi connectivity index (χ1n) is 11.5. The van der Waals surface area contributed by atoms with E-state index in [9.17, 15) is 4.79 Å². The molecule has 0 radical (unpaired) electrons. The lowest BCUT2D eigenvalue weighted by Crippen LogP contribution is -2.13. The molecule has 0 spiro atoms. The van der Waals surface area contributed by atoms with Gasteiger partial charge in [-0.2, -0.15) is 5.10 Å². The molecular weight excluding hydrogens is 440 g/mol. The Morgan fingerprint density at radius 2 is 1.91 bits per heavy atom. The molecule has 0 bridgehead atoms. The van der Waals surface area contributed by atoms with E-state index in [1.165, 1.54) is 0 Å². The predicted molar refractivity (Wildman–Crippen MR) is 135 cm³/mol. The maximum absolute atomic E-state index is 13.1. The van der Waals surface area contributed by atoms with Crippen LogP contribution in [0.2, 0.25) is 0 Å². The molecule has 8 nitrogen and oxygen atoms in total. The number of fused-ring (bicyclic) bond motifs is 1. The van der Waals surface area contributed by atoms with Gasteiger partial charge in [0, 0.05) is 29.4 Å². The van der Waals surface area contributed by atoms with Crippen molar-refractivity contribution in [2.45, 2.75) is 33.3 Å². The van der Waals surface area contributed by atoms with Crippen LogP contribution in [0.4, 0.5) is 5.69 Å². The zero-order chi connectivity index (χ0) is 24.4. The normalized spacial score (nSPS) is 11.2. The standard InChI is InChI=1S/C27H26N6O2/c1-17(2)25-30-26(32-31-25)22-9-4-5-10-23(22)29-27(34)19-7-6-8-21(13-19)35-16-20-15-33-14-18(3)11-12-24(33)28-20/h4-15,17H,16H2,1-3H3,(H,29,34)(H,30,31,32). The molecule has 0 saturated heterocycles. The van der Waals surface area contributed by atoms with Crippen LogP contribution in [0.3, 0.4) is 0 Å². The zero-order valence-corrected chi connectivity index (χ0v) is 19.8. The lowest BCUT2D eigenvalue weighted by Gasteiger charge is -2.10. The molecule has 5 aromatic rings. The maximum Gasteiger partial charge on any atom is 0.255 e. The SMILES string of the molecule is Cc1ccc2nc(COc3cccc(C(=O)Nc4ccccc4-c4n[nH]c(C(C)C)n4)c3)cn2c1.